The van der Waals surface area contributed by atoms with E-state index in [2.05, 4.69) is 5.32 Å². The lowest BCUT2D eigenvalue weighted by Crippen LogP contribution is -2.57. The highest BCUT2D eigenvalue weighted by atomic mass is 16.4. The van der Waals surface area contributed by atoms with Crippen LogP contribution in [0.2, 0.25) is 0 Å². The number of carbonyl (C=O) groups excluding carboxylic acids is 1. The molecule has 3 N–H and O–H groups in total. The molecule has 1 saturated heterocycles. The van der Waals surface area contributed by atoms with E-state index in [1.165, 1.54) is 4.90 Å². The zero-order chi connectivity index (χ0) is 20.8. The monoisotopic (exact) mass is 402 g/mol. The molecule has 1 amide bonds. The maximum Gasteiger partial charge on any atom is 0.323 e. The summed E-state index contributed by atoms with van der Waals surface area (Å²) in [5.74, 6) is -1.93. The summed E-state index contributed by atoms with van der Waals surface area (Å²) in [4.78, 5) is 37.9. The van der Waals surface area contributed by atoms with Crippen LogP contribution >= 0.6 is 0 Å². The molecule has 4 atom stereocenters. The summed E-state index contributed by atoms with van der Waals surface area (Å²) in [5, 5.41) is 22.0. The number of carboxylic acid groups (broad SMARTS) is 2. The minimum atomic E-state index is -1.03. The van der Waals surface area contributed by atoms with Crippen molar-refractivity contribution in [2.45, 2.75) is 69.5 Å². The SMILES string of the molecule is O=C(O)CN1C(=O)[C@@H](N[C@@H](CCc2ccccc2)C(=O)O)CCC[C@@H]2CCC[C@H]21. The quantitative estimate of drug-likeness (QED) is 0.616. The molecule has 2 fully saturated rings. The fourth-order valence-corrected chi connectivity index (χ4v) is 4.81. The fourth-order valence-electron chi connectivity index (χ4n) is 4.81. The van der Waals surface area contributed by atoms with Crippen molar-refractivity contribution in [3.8, 4) is 0 Å². The second-order valence-electron chi connectivity index (χ2n) is 8.18. The first-order chi connectivity index (χ1) is 14.0. The van der Waals surface area contributed by atoms with Gasteiger partial charge in [0.2, 0.25) is 5.91 Å². The summed E-state index contributed by atoms with van der Waals surface area (Å²) in [6.45, 7) is -0.320. The number of likely N-dealkylation sites (tertiary alicyclic amines) is 1. The molecule has 1 aliphatic carbocycles. The van der Waals surface area contributed by atoms with Crippen LogP contribution in [0.15, 0.2) is 30.3 Å². The average molecular weight is 402 g/mol. The smallest absolute Gasteiger partial charge is 0.323 e. The van der Waals surface area contributed by atoms with Gasteiger partial charge in [-0.15, -0.1) is 0 Å². The number of nitrogens with one attached hydrogen (secondary N) is 1. The number of aryl methyl sites for hydroxylation is 1. The van der Waals surface area contributed by atoms with Gasteiger partial charge in [-0.1, -0.05) is 43.2 Å². The number of rotatable bonds is 8. The van der Waals surface area contributed by atoms with E-state index in [1.807, 2.05) is 30.3 Å². The third kappa shape index (κ3) is 5.56. The van der Waals surface area contributed by atoms with Crippen LogP contribution in [0.3, 0.4) is 0 Å². The Kier molecular flexibility index (Phi) is 7.25. The van der Waals surface area contributed by atoms with Gasteiger partial charge in [0.05, 0.1) is 6.04 Å². The molecule has 2 aliphatic rings. The zero-order valence-corrected chi connectivity index (χ0v) is 16.6. The fraction of sp³-hybridized carbons (Fsp3) is 0.591. The minimum Gasteiger partial charge on any atom is -0.480 e. The molecular formula is C22H30N2O5. The number of nitrogens with zero attached hydrogens (tertiary/aromatic N) is 1. The number of fused-ring (bicyclic) bond motifs is 1. The van der Waals surface area contributed by atoms with Gasteiger partial charge in [0.15, 0.2) is 0 Å². The Labute approximate surface area is 171 Å². The molecule has 0 aromatic heterocycles. The van der Waals surface area contributed by atoms with Crippen LogP contribution in [0, 0.1) is 5.92 Å². The normalized spacial score (nSPS) is 25.7. The molecule has 3 rings (SSSR count). The predicted molar refractivity (Wildman–Crippen MR) is 107 cm³/mol. The van der Waals surface area contributed by atoms with Crippen LogP contribution in [0.5, 0.6) is 0 Å². The van der Waals surface area contributed by atoms with Gasteiger partial charge >= 0.3 is 11.9 Å². The number of hydrogen-bond donors (Lipinski definition) is 3. The molecule has 7 nitrogen and oxygen atoms in total. The van der Waals surface area contributed by atoms with Crippen LogP contribution in [-0.2, 0) is 20.8 Å². The summed E-state index contributed by atoms with van der Waals surface area (Å²) in [6.07, 6.45) is 6.15. The van der Waals surface area contributed by atoms with Gasteiger partial charge in [-0.2, -0.15) is 0 Å². The maximum absolute atomic E-state index is 13.2. The highest BCUT2D eigenvalue weighted by Crippen LogP contribution is 2.35. The summed E-state index contributed by atoms with van der Waals surface area (Å²) < 4.78 is 0. The van der Waals surface area contributed by atoms with Crippen molar-refractivity contribution >= 4 is 17.8 Å². The first kappa shape index (κ1) is 21.3. The number of hydrogen-bond acceptors (Lipinski definition) is 4. The summed E-state index contributed by atoms with van der Waals surface area (Å²) >= 11 is 0. The first-order valence-corrected chi connectivity index (χ1v) is 10.5. The van der Waals surface area contributed by atoms with Crippen LogP contribution in [0.1, 0.15) is 50.5 Å². The van der Waals surface area contributed by atoms with Gasteiger partial charge in [0, 0.05) is 6.04 Å². The van der Waals surface area contributed by atoms with E-state index in [0.29, 0.717) is 25.2 Å². The Morgan fingerprint density at radius 3 is 2.41 bits per heavy atom. The third-order valence-electron chi connectivity index (χ3n) is 6.24. The standard InChI is InChI=1S/C22H30N2O5/c25-20(26)14-24-19-11-5-9-16(19)8-4-10-17(21(24)27)23-18(22(28)29)13-12-15-6-2-1-3-7-15/h1-3,6-7,16-19,23H,4-5,8-14H2,(H,25,26)(H,28,29)/t16-,17+,18+,19-/m1/s1. The molecule has 1 saturated carbocycles. The molecule has 29 heavy (non-hydrogen) atoms. The van der Waals surface area contributed by atoms with E-state index >= 15 is 0 Å². The van der Waals surface area contributed by atoms with E-state index in [4.69, 9.17) is 0 Å². The molecule has 0 spiro atoms. The zero-order valence-electron chi connectivity index (χ0n) is 16.6. The molecule has 7 heteroatoms. The molecule has 1 aliphatic heterocycles. The Bertz CT molecular complexity index is 723. The summed E-state index contributed by atoms with van der Waals surface area (Å²) in [7, 11) is 0. The summed E-state index contributed by atoms with van der Waals surface area (Å²) in [5.41, 5.74) is 1.05. The van der Waals surface area contributed by atoms with Crippen molar-refractivity contribution < 1.29 is 24.6 Å². The Hall–Kier alpha value is -2.41. The largest absolute Gasteiger partial charge is 0.480 e. The molecule has 0 bridgehead atoms. The number of benzene rings is 1. The van der Waals surface area contributed by atoms with Gasteiger partial charge in [-0.05, 0) is 50.0 Å². The molecule has 1 aromatic carbocycles. The Morgan fingerprint density at radius 2 is 1.76 bits per heavy atom. The molecule has 0 radical (unpaired) electrons. The first-order valence-electron chi connectivity index (χ1n) is 10.5. The van der Waals surface area contributed by atoms with Crippen molar-refractivity contribution in [3.05, 3.63) is 35.9 Å². The van der Waals surface area contributed by atoms with Gasteiger partial charge < -0.3 is 15.1 Å². The van der Waals surface area contributed by atoms with E-state index in [0.717, 1.165) is 37.7 Å². The van der Waals surface area contributed by atoms with Gasteiger partial charge in [-0.3, -0.25) is 19.7 Å². The number of amides is 1. The van der Waals surface area contributed by atoms with Crippen molar-refractivity contribution in [2.24, 2.45) is 5.92 Å². The second kappa shape index (κ2) is 9.87. The van der Waals surface area contributed by atoms with E-state index < -0.39 is 24.0 Å². The van der Waals surface area contributed by atoms with Gasteiger partial charge in [0.1, 0.15) is 12.6 Å². The average Bonchev–Trinajstić information content (AvgIpc) is 3.14. The highest BCUT2D eigenvalue weighted by molar-refractivity contribution is 5.86. The van der Waals surface area contributed by atoms with Gasteiger partial charge in [-0.25, -0.2) is 0 Å². The van der Waals surface area contributed by atoms with Crippen molar-refractivity contribution in [2.75, 3.05) is 6.54 Å². The minimum absolute atomic E-state index is 0.0456. The Morgan fingerprint density at radius 1 is 1.07 bits per heavy atom. The lowest BCUT2D eigenvalue weighted by molar-refractivity contribution is -0.149. The van der Waals surface area contributed by atoms with Crippen LogP contribution in [-0.4, -0.2) is 57.6 Å². The van der Waals surface area contributed by atoms with Crippen molar-refractivity contribution in [1.29, 1.82) is 0 Å². The Balaban J connectivity index is 1.71. The van der Waals surface area contributed by atoms with Gasteiger partial charge in [0.25, 0.3) is 0 Å². The molecule has 158 valence electrons. The summed E-state index contributed by atoms with van der Waals surface area (Å²) in [6, 6.07) is 8.09. The van der Waals surface area contributed by atoms with E-state index in [9.17, 15) is 24.6 Å². The number of carbonyl (C=O) groups is 3. The van der Waals surface area contributed by atoms with Crippen molar-refractivity contribution in [3.63, 3.8) is 0 Å². The highest BCUT2D eigenvalue weighted by Gasteiger charge is 2.40. The third-order valence-corrected chi connectivity index (χ3v) is 6.24. The molecule has 1 aromatic rings. The number of carboxylic acids is 2. The van der Waals surface area contributed by atoms with E-state index in [1.54, 1.807) is 0 Å². The van der Waals surface area contributed by atoms with Crippen molar-refractivity contribution in [1.82, 2.24) is 10.2 Å². The van der Waals surface area contributed by atoms with E-state index in [-0.39, 0.29) is 18.5 Å². The molecule has 0 unspecified atom stereocenters. The topological polar surface area (TPSA) is 107 Å². The second-order valence-corrected chi connectivity index (χ2v) is 8.18. The molecule has 1 heterocycles. The van der Waals surface area contributed by atoms with Crippen LogP contribution in [0.4, 0.5) is 0 Å². The van der Waals surface area contributed by atoms with Crippen LogP contribution < -0.4 is 5.32 Å². The predicted octanol–water partition coefficient (Wildman–Crippen LogP) is 2.30. The van der Waals surface area contributed by atoms with Crippen LogP contribution in [0.25, 0.3) is 0 Å². The maximum atomic E-state index is 13.2. The number of aliphatic carboxylic acids is 2. The lowest BCUT2D eigenvalue weighted by Gasteiger charge is -2.38. The molecular weight excluding hydrogens is 372 g/mol. The lowest BCUT2D eigenvalue weighted by atomic mass is 9.90.